The summed E-state index contributed by atoms with van der Waals surface area (Å²) in [5.41, 5.74) is 8.57. The fraction of sp³-hybridized carbons (Fsp3) is 0.444. The first-order valence-electron chi connectivity index (χ1n) is 4.80. The van der Waals surface area contributed by atoms with Crippen molar-refractivity contribution in [3.63, 3.8) is 0 Å². The standard InChI is InChI=1S/C9H12ClN5S/c1-5-9(10)8(15(2)13-5)3-6(11)7-4-16-14-12-7/h4,6H,3,11H2,1-2H3. The molecule has 2 rings (SSSR count). The van der Waals surface area contributed by atoms with Crippen LogP contribution < -0.4 is 5.73 Å². The number of aromatic nitrogens is 4. The molecule has 2 aromatic rings. The molecule has 0 spiro atoms. The molecule has 0 saturated carbocycles. The second kappa shape index (κ2) is 4.48. The fourth-order valence-corrected chi connectivity index (χ4v) is 2.30. The van der Waals surface area contributed by atoms with Crippen molar-refractivity contribution in [3.8, 4) is 0 Å². The second-order valence-electron chi connectivity index (χ2n) is 3.61. The van der Waals surface area contributed by atoms with Crippen molar-refractivity contribution in [1.29, 1.82) is 0 Å². The summed E-state index contributed by atoms with van der Waals surface area (Å²) in [6.07, 6.45) is 0.613. The summed E-state index contributed by atoms with van der Waals surface area (Å²) in [4.78, 5) is 0. The summed E-state index contributed by atoms with van der Waals surface area (Å²) in [7, 11) is 1.86. The summed E-state index contributed by atoms with van der Waals surface area (Å²) in [6, 6.07) is -0.189. The first-order chi connectivity index (χ1) is 7.59. The van der Waals surface area contributed by atoms with Gasteiger partial charge in [0.1, 0.15) is 0 Å². The van der Waals surface area contributed by atoms with Gasteiger partial charge in [0.05, 0.1) is 28.1 Å². The lowest BCUT2D eigenvalue weighted by molar-refractivity contribution is 0.627. The second-order valence-corrected chi connectivity index (χ2v) is 4.60. The van der Waals surface area contributed by atoms with Crippen LogP contribution in [0.5, 0.6) is 0 Å². The predicted molar refractivity (Wildman–Crippen MR) is 63.5 cm³/mol. The number of nitrogens with two attached hydrogens (primary N) is 1. The molecular formula is C9H12ClN5S. The number of hydrogen-bond donors (Lipinski definition) is 1. The zero-order chi connectivity index (χ0) is 11.7. The molecule has 0 aliphatic rings. The van der Waals surface area contributed by atoms with Gasteiger partial charge in [-0.15, -0.1) is 5.10 Å². The fourth-order valence-electron chi connectivity index (χ4n) is 1.55. The van der Waals surface area contributed by atoms with E-state index in [2.05, 4.69) is 14.7 Å². The van der Waals surface area contributed by atoms with Crippen LogP contribution in [0.1, 0.15) is 23.1 Å². The quantitative estimate of drug-likeness (QED) is 0.904. The van der Waals surface area contributed by atoms with Crippen molar-refractivity contribution in [2.24, 2.45) is 12.8 Å². The third kappa shape index (κ3) is 2.09. The monoisotopic (exact) mass is 257 g/mol. The van der Waals surface area contributed by atoms with E-state index in [1.165, 1.54) is 11.5 Å². The van der Waals surface area contributed by atoms with Crippen molar-refractivity contribution < 1.29 is 0 Å². The Morgan fingerprint density at radius 3 is 2.88 bits per heavy atom. The molecule has 0 amide bonds. The summed E-state index contributed by atoms with van der Waals surface area (Å²) in [5.74, 6) is 0. The van der Waals surface area contributed by atoms with E-state index < -0.39 is 0 Å². The molecule has 2 N–H and O–H groups in total. The molecule has 0 aliphatic heterocycles. The van der Waals surface area contributed by atoms with Crippen molar-refractivity contribution in [1.82, 2.24) is 19.4 Å². The van der Waals surface area contributed by atoms with Gasteiger partial charge >= 0.3 is 0 Å². The minimum Gasteiger partial charge on any atom is -0.322 e. The molecule has 0 radical (unpaired) electrons. The van der Waals surface area contributed by atoms with E-state index in [1.807, 2.05) is 19.4 Å². The Hall–Kier alpha value is -0.980. The molecule has 16 heavy (non-hydrogen) atoms. The number of hydrogen-bond acceptors (Lipinski definition) is 5. The Bertz CT molecular complexity index is 478. The van der Waals surface area contributed by atoms with Crippen molar-refractivity contribution in [3.05, 3.63) is 27.5 Å². The number of rotatable bonds is 3. The van der Waals surface area contributed by atoms with Crippen LogP contribution in [-0.4, -0.2) is 19.4 Å². The highest BCUT2D eigenvalue weighted by Crippen LogP contribution is 2.23. The minimum atomic E-state index is -0.189. The van der Waals surface area contributed by atoms with Crippen LogP contribution >= 0.6 is 23.1 Å². The van der Waals surface area contributed by atoms with Gasteiger partial charge in [-0.2, -0.15) is 5.10 Å². The molecule has 86 valence electrons. The average Bonchev–Trinajstić information content (AvgIpc) is 2.83. The Balaban J connectivity index is 2.21. The van der Waals surface area contributed by atoms with Gasteiger partial charge < -0.3 is 5.73 Å². The Kier molecular flexibility index (Phi) is 3.22. The van der Waals surface area contributed by atoms with E-state index >= 15 is 0 Å². The highest BCUT2D eigenvalue weighted by molar-refractivity contribution is 7.03. The van der Waals surface area contributed by atoms with Gasteiger partial charge in [-0.3, -0.25) is 4.68 Å². The average molecular weight is 258 g/mol. The lowest BCUT2D eigenvalue weighted by Gasteiger charge is -2.08. The summed E-state index contributed by atoms with van der Waals surface area (Å²) in [5, 5.41) is 10.7. The zero-order valence-corrected chi connectivity index (χ0v) is 10.6. The van der Waals surface area contributed by atoms with Gasteiger partial charge in [0, 0.05) is 18.8 Å². The van der Waals surface area contributed by atoms with Gasteiger partial charge in [0.15, 0.2) is 0 Å². The summed E-state index contributed by atoms with van der Waals surface area (Å²) >= 11 is 7.44. The molecule has 5 nitrogen and oxygen atoms in total. The molecule has 2 aromatic heterocycles. The minimum absolute atomic E-state index is 0.189. The summed E-state index contributed by atoms with van der Waals surface area (Å²) in [6.45, 7) is 1.88. The largest absolute Gasteiger partial charge is 0.322 e. The van der Waals surface area contributed by atoms with Crippen LogP contribution in [-0.2, 0) is 13.5 Å². The maximum Gasteiger partial charge on any atom is 0.0926 e. The van der Waals surface area contributed by atoms with E-state index in [-0.39, 0.29) is 6.04 Å². The van der Waals surface area contributed by atoms with Crippen LogP contribution in [0.3, 0.4) is 0 Å². The van der Waals surface area contributed by atoms with E-state index in [1.54, 1.807) is 4.68 Å². The topological polar surface area (TPSA) is 69.6 Å². The molecule has 0 bridgehead atoms. The van der Waals surface area contributed by atoms with Crippen molar-refractivity contribution >= 4 is 23.1 Å². The lowest BCUT2D eigenvalue weighted by atomic mass is 10.1. The molecule has 0 aromatic carbocycles. The van der Waals surface area contributed by atoms with Crippen molar-refractivity contribution in [2.45, 2.75) is 19.4 Å². The molecule has 1 unspecified atom stereocenters. The Morgan fingerprint density at radius 2 is 2.38 bits per heavy atom. The predicted octanol–water partition coefficient (Wildman–Crippen LogP) is 1.48. The normalized spacial score (nSPS) is 13.0. The number of nitrogens with zero attached hydrogens (tertiary/aromatic N) is 4. The summed E-state index contributed by atoms with van der Waals surface area (Å²) < 4.78 is 5.55. The van der Waals surface area contributed by atoms with Crippen molar-refractivity contribution in [2.75, 3.05) is 0 Å². The van der Waals surface area contributed by atoms with Crippen LogP contribution in [0.4, 0.5) is 0 Å². The first-order valence-corrected chi connectivity index (χ1v) is 6.01. The van der Waals surface area contributed by atoms with Crippen LogP contribution in [0, 0.1) is 6.92 Å². The Labute approximate surface area is 102 Å². The van der Waals surface area contributed by atoms with Gasteiger partial charge in [0.25, 0.3) is 0 Å². The van der Waals surface area contributed by atoms with E-state index in [0.717, 1.165) is 17.1 Å². The SMILES string of the molecule is Cc1nn(C)c(CC(N)c2csnn2)c1Cl. The molecule has 7 heteroatoms. The first kappa shape index (κ1) is 11.5. The molecule has 0 fully saturated rings. The van der Waals surface area contributed by atoms with Gasteiger partial charge in [-0.1, -0.05) is 16.1 Å². The molecule has 1 atom stereocenters. The number of halogens is 1. The van der Waals surface area contributed by atoms with Crippen LogP contribution in [0.2, 0.25) is 5.02 Å². The molecular weight excluding hydrogens is 246 g/mol. The zero-order valence-electron chi connectivity index (χ0n) is 9.01. The highest BCUT2D eigenvalue weighted by Gasteiger charge is 2.17. The lowest BCUT2D eigenvalue weighted by Crippen LogP contribution is -2.16. The molecule has 0 saturated heterocycles. The van der Waals surface area contributed by atoms with E-state index in [4.69, 9.17) is 17.3 Å². The van der Waals surface area contributed by atoms with E-state index in [0.29, 0.717) is 11.4 Å². The van der Waals surface area contributed by atoms with Gasteiger partial charge in [-0.05, 0) is 18.5 Å². The highest BCUT2D eigenvalue weighted by atomic mass is 35.5. The van der Waals surface area contributed by atoms with Crippen LogP contribution in [0.25, 0.3) is 0 Å². The Morgan fingerprint density at radius 1 is 1.62 bits per heavy atom. The number of aryl methyl sites for hydroxylation is 2. The maximum absolute atomic E-state index is 6.15. The third-order valence-electron chi connectivity index (χ3n) is 2.43. The molecule has 2 heterocycles. The molecule has 0 aliphatic carbocycles. The third-order valence-corrected chi connectivity index (χ3v) is 3.45. The smallest absolute Gasteiger partial charge is 0.0926 e. The van der Waals surface area contributed by atoms with Gasteiger partial charge in [-0.25, -0.2) is 0 Å². The van der Waals surface area contributed by atoms with Gasteiger partial charge in [0.2, 0.25) is 0 Å². The maximum atomic E-state index is 6.15. The van der Waals surface area contributed by atoms with E-state index in [9.17, 15) is 0 Å². The van der Waals surface area contributed by atoms with Crippen LogP contribution in [0.15, 0.2) is 5.38 Å².